The van der Waals surface area contributed by atoms with Gasteiger partial charge in [-0.25, -0.2) is 0 Å². The highest BCUT2D eigenvalue weighted by molar-refractivity contribution is 5.80. The van der Waals surface area contributed by atoms with Crippen LogP contribution in [0.2, 0.25) is 0 Å². The summed E-state index contributed by atoms with van der Waals surface area (Å²) in [6, 6.07) is 0.257. The Kier molecular flexibility index (Phi) is 8.27. The van der Waals surface area contributed by atoms with Crippen molar-refractivity contribution in [3.63, 3.8) is 0 Å². The first-order valence-electron chi connectivity index (χ1n) is 8.42. The Morgan fingerprint density at radius 1 is 1.29 bits per heavy atom. The lowest BCUT2D eigenvalue weighted by molar-refractivity contribution is -0.148. The van der Waals surface area contributed by atoms with Gasteiger partial charge in [-0.3, -0.25) is 10.1 Å². The summed E-state index contributed by atoms with van der Waals surface area (Å²) in [5, 5.41) is 3.33. The zero-order valence-electron chi connectivity index (χ0n) is 14.2. The molecule has 0 aliphatic heterocycles. The van der Waals surface area contributed by atoms with E-state index in [9.17, 15) is 4.79 Å². The van der Waals surface area contributed by atoms with E-state index in [2.05, 4.69) is 5.32 Å². The quantitative estimate of drug-likeness (QED) is 0.497. The Bertz CT molecular complexity index is 300. The van der Waals surface area contributed by atoms with Crippen LogP contribution in [0.5, 0.6) is 0 Å². The van der Waals surface area contributed by atoms with Crippen molar-refractivity contribution < 1.29 is 14.3 Å². The van der Waals surface area contributed by atoms with Gasteiger partial charge >= 0.3 is 5.97 Å². The lowest BCUT2D eigenvalue weighted by Crippen LogP contribution is -2.52. The number of nitrogens with one attached hydrogen (secondary N) is 1. The van der Waals surface area contributed by atoms with Crippen LogP contribution in [0.4, 0.5) is 0 Å². The first-order chi connectivity index (χ1) is 9.98. The molecule has 1 rings (SSSR count). The van der Waals surface area contributed by atoms with Crippen LogP contribution in [0.1, 0.15) is 65.7 Å². The van der Waals surface area contributed by atoms with E-state index >= 15 is 0 Å². The number of hydrogen-bond acceptors (Lipinski definition) is 4. The monoisotopic (exact) mass is 299 g/mol. The van der Waals surface area contributed by atoms with Crippen molar-refractivity contribution in [1.29, 1.82) is 0 Å². The molecule has 0 heterocycles. The third kappa shape index (κ3) is 6.79. The Morgan fingerprint density at radius 3 is 2.52 bits per heavy atom. The molecule has 0 aromatic carbocycles. The molecule has 1 fully saturated rings. The zero-order valence-corrected chi connectivity index (χ0v) is 14.2. The second-order valence-corrected chi connectivity index (χ2v) is 6.81. The van der Waals surface area contributed by atoms with Gasteiger partial charge in [0.05, 0.1) is 7.11 Å². The molecule has 1 aliphatic rings. The van der Waals surface area contributed by atoms with Crippen LogP contribution >= 0.6 is 0 Å². The van der Waals surface area contributed by atoms with Crippen LogP contribution in [-0.2, 0) is 14.3 Å². The summed E-state index contributed by atoms with van der Waals surface area (Å²) in [5.74, 6) is 0.607. The molecule has 0 radical (unpaired) electrons. The van der Waals surface area contributed by atoms with Crippen molar-refractivity contribution in [2.75, 3.05) is 20.3 Å². The zero-order chi connectivity index (χ0) is 15.7. The van der Waals surface area contributed by atoms with Crippen LogP contribution < -0.4 is 5.32 Å². The Hall–Kier alpha value is -0.610. The number of methoxy groups -OCH3 is 1. The minimum Gasteiger partial charge on any atom is -0.468 e. The van der Waals surface area contributed by atoms with Gasteiger partial charge in [-0.05, 0) is 58.8 Å². The first kappa shape index (κ1) is 18.4. The first-order valence-corrected chi connectivity index (χ1v) is 8.42. The molecule has 0 spiro atoms. The van der Waals surface area contributed by atoms with Gasteiger partial charge in [0.2, 0.25) is 0 Å². The van der Waals surface area contributed by atoms with E-state index in [-0.39, 0.29) is 12.0 Å². The van der Waals surface area contributed by atoms with Gasteiger partial charge in [-0.1, -0.05) is 12.8 Å². The standard InChI is InChI=1S/C17H33NO3/c1-14(2)18-17(3,16(19)20-4)11-7-8-12-21-13-15-9-5-6-10-15/h14-15,18H,5-13H2,1-4H3. The summed E-state index contributed by atoms with van der Waals surface area (Å²) in [7, 11) is 1.45. The average Bonchev–Trinajstić information content (AvgIpc) is 2.94. The predicted octanol–water partition coefficient (Wildman–Crippen LogP) is 3.29. The maximum Gasteiger partial charge on any atom is 0.325 e. The number of carbonyl (C=O) groups is 1. The van der Waals surface area contributed by atoms with Crippen LogP contribution in [0.15, 0.2) is 0 Å². The highest BCUT2D eigenvalue weighted by atomic mass is 16.5. The third-order valence-corrected chi connectivity index (χ3v) is 4.29. The molecule has 1 atom stereocenters. The molecule has 0 aromatic rings. The highest BCUT2D eigenvalue weighted by Gasteiger charge is 2.33. The van der Waals surface area contributed by atoms with Gasteiger partial charge in [-0.2, -0.15) is 0 Å². The van der Waals surface area contributed by atoms with E-state index in [0.29, 0.717) is 0 Å². The molecule has 0 amide bonds. The van der Waals surface area contributed by atoms with Crippen molar-refractivity contribution in [2.24, 2.45) is 5.92 Å². The molecule has 1 N–H and O–H groups in total. The summed E-state index contributed by atoms with van der Waals surface area (Å²) < 4.78 is 10.7. The van der Waals surface area contributed by atoms with E-state index in [0.717, 1.165) is 38.4 Å². The number of esters is 1. The molecule has 21 heavy (non-hydrogen) atoms. The van der Waals surface area contributed by atoms with Crippen LogP contribution in [0, 0.1) is 5.92 Å². The molecule has 0 bridgehead atoms. The molecule has 4 heteroatoms. The molecule has 0 aromatic heterocycles. The average molecular weight is 299 g/mol. The molecule has 4 nitrogen and oxygen atoms in total. The molecule has 1 saturated carbocycles. The van der Waals surface area contributed by atoms with E-state index in [1.807, 2.05) is 20.8 Å². The summed E-state index contributed by atoms with van der Waals surface area (Å²) in [4.78, 5) is 11.9. The summed E-state index contributed by atoms with van der Waals surface area (Å²) in [5.41, 5.74) is -0.589. The molecule has 0 saturated heterocycles. The fraction of sp³-hybridized carbons (Fsp3) is 0.941. The van der Waals surface area contributed by atoms with Crippen LogP contribution in [-0.4, -0.2) is 37.9 Å². The Labute approximate surface area is 130 Å². The fourth-order valence-corrected chi connectivity index (χ4v) is 3.21. The minimum absolute atomic E-state index is 0.178. The minimum atomic E-state index is -0.589. The maximum absolute atomic E-state index is 11.9. The lowest BCUT2D eigenvalue weighted by Gasteiger charge is -2.30. The number of unbranched alkanes of at least 4 members (excludes halogenated alkanes) is 1. The van der Waals surface area contributed by atoms with Gasteiger partial charge in [-0.15, -0.1) is 0 Å². The predicted molar refractivity (Wildman–Crippen MR) is 85.3 cm³/mol. The van der Waals surface area contributed by atoms with Crippen molar-refractivity contribution in [1.82, 2.24) is 5.32 Å². The van der Waals surface area contributed by atoms with Crippen molar-refractivity contribution in [3.8, 4) is 0 Å². The van der Waals surface area contributed by atoms with Gasteiger partial charge in [0.1, 0.15) is 5.54 Å². The van der Waals surface area contributed by atoms with Gasteiger partial charge in [0.25, 0.3) is 0 Å². The highest BCUT2D eigenvalue weighted by Crippen LogP contribution is 2.24. The van der Waals surface area contributed by atoms with Crippen molar-refractivity contribution in [3.05, 3.63) is 0 Å². The Morgan fingerprint density at radius 2 is 1.95 bits per heavy atom. The molecule has 1 unspecified atom stereocenters. The van der Waals surface area contributed by atoms with Gasteiger partial charge < -0.3 is 9.47 Å². The normalized spacial score (nSPS) is 18.9. The topological polar surface area (TPSA) is 47.6 Å². The van der Waals surface area contributed by atoms with E-state index in [1.54, 1.807) is 0 Å². The number of carbonyl (C=O) groups excluding carboxylic acids is 1. The van der Waals surface area contributed by atoms with E-state index < -0.39 is 5.54 Å². The second kappa shape index (κ2) is 9.42. The van der Waals surface area contributed by atoms with Gasteiger partial charge in [0, 0.05) is 19.3 Å². The maximum atomic E-state index is 11.9. The van der Waals surface area contributed by atoms with Crippen molar-refractivity contribution in [2.45, 2.75) is 77.3 Å². The van der Waals surface area contributed by atoms with Crippen molar-refractivity contribution >= 4 is 5.97 Å². The lowest BCUT2D eigenvalue weighted by atomic mass is 9.94. The molecule has 1 aliphatic carbocycles. The SMILES string of the molecule is COC(=O)C(C)(CCCCOCC1CCCC1)NC(C)C. The second-order valence-electron chi connectivity index (χ2n) is 6.81. The largest absolute Gasteiger partial charge is 0.468 e. The Balaban J connectivity index is 2.18. The van der Waals surface area contributed by atoms with Gasteiger partial charge in [0.15, 0.2) is 0 Å². The van der Waals surface area contributed by atoms with E-state index in [4.69, 9.17) is 9.47 Å². The summed E-state index contributed by atoms with van der Waals surface area (Å²) in [6.07, 6.45) is 8.15. The smallest absolute Gasteiger partial charge is 0.325 e. The van der Waals surface area contributed by atoms with E-state index in [1.165, 1.54) is 32.8 Å². The van der Waals surface area contributed by atoms with Crippen LogP contribution in [0.25, 0.3) is 0 Å². The number of ether oxygens (including phenoxy) is 2. The summed E-state index contributed by atoms with van der Waals surface area (Å²) in [6.45, 7) is 7.74. The third-order valence-electron chi connectivity index (χ3n) is 4.29. The molecular weight excluding hydrogens is 266 g/mol. The molecular formula is C17H33NO3. The molecule has 124 valence electrons. The number of rotatable bonds is 10. The van der Waals surface area contributed by atoms with Crippen LogP contribution in [0.3, 0.4) is 0 Å². The fourth-order valence-electron chi connectivity index (χ4n) is 3.21. The summed E-state index contributed by atoms with van der Waals surface area (Å²) >= 11 is 0. The number of hydrogen-bond donors (Lipinski definition) is 1.